The number of carbonyl (C=O) groups excluding carboxylic acids is 2. The summed E-state index contributed by atoms with van der Waals surface area (Å²) < 4.78 is 10.8. The van der Waals surface area contributed by atoms with Crippen LogP contribution >= 0.6 is 0 Å². The first-order chi connectivity index (χ1) is 12.3. The number of hydrogen-bond donors (Lipinski definition) is 0. The van der Waals surface area contributed by atoms with E-state index in [1.807, 2.05) is 0 Å². The summed E-state index contributed by atoms with van der Waals surface area (Å²) in [5.41, 5.74) is 0.280. The molecule has 0 N–H and O–H groups in total. The van der Waals surface area contributed by atoms with E-state index >= 15 is 0 Å². The molecule has 0 bridgehead atoms. The van der Waals surface area contributed by atoms with E-state index in [9.17, 15) is 9.59 Å². The molecule has 0 amide bonds. The molecule has 0 fully saturated rings. The lowest BCUT2D eigenvalue weighted by Gasteiger charge is -2.17. The SMILES string of the molecule is CCCCCCC(=O)Oc1ccccc1OC(=O)CCCCC(C)(C)C. The molecule has 0 spiro atoms. The van der Waals surface area contributed by atoms with Crippen LogP contribution in [0.1, 0.15) is 85.5 Å². The van der Waals surface area contributed by atoms with Crippen LogP contribution in [-0.2, 0) is 9.59 Å². The van der Waals surface area contributed by atoms with E-state index in [2.05, 4.69) is 27.7 Å². The second-order valence-electron chi connectivity index (χ2n) is 7.97. The summed E-state index contributed by atoms with van der Waals surface area (Å²) in [5.74, 6) is 0.0615. The third kappa shape index (κ3) is 10.2. The maximum absolute atomic E-state index is 12.1. The van der Waals surface area contributed by atoms with Gasteiger partial charge in [0.05, 0.1) is 0 Å². The van der Waals surface area contributed by atoms with Crippen LogP contribution in [0.15, 0.2) is 24.3 Å². The molecule has 0 heterocycles. The van der Waals surface area contributed by atoms with Crippen LogP contribution < -0.4 is 9.47 Å². The maximum Gasteiger partial charge on any atom is 0.311 e. The fourth-order valence-corrected chi connectivity index (χ4v) is 2.59. The molecule has 1 aromatic carbocycles. The van der Waals surface area contributed by atoms with Crippen LogP contribution in [0.25, 0.3) is 0 Å². The molecule has 0 aliphatic heterocycles. The third-order valence-electron chi connectivity index (χ3n) is 4.09. The van der Waals surface area contributed by atoms with Crippen molar-refractivity contribution in [3.63, 3.8) is 0 Å². The first-order valence-corrected chi connectivity index (χ1v) is 9.82. The zero-order chi connectivity index (χ0) is 19.4. The molecule has 0 unspecified atom stereocenters. The van der Waals surface area contributed by atoms with Gasteiger partial charge in [-0.1, -0.05) is 65.5 Å². The van der Waals surface area contributed by atoms with E-state index < -0.39 is 0 Å². The lowest BCUT2D eigenvalue weighted by molar-refractivity contribution is -0.137. The first-order valence-electron chi connectivity index (χ1n) is 9.82. The van der Waals surface area contributed by atoms with Gasteiger partial charge in [0.1, 0.15) is 0 Å². The Labute approximate surface area is 158 Å². The van der Waals surface area contributed by atoms with Crippen LogP contribution in [0.4, 0.5) is 0 Å². The maximum atomic E-state index is 12.1. The van der Waals surface area contributed by atoms with Gasteiger partial charge in [0.25, 0.3) is 0 Å². The minimum absolute atomic E-state index is 0.280. The number of benzene rings is 1. The van der Waals surface area contributed by atoms with Crippen molar-refractivity contribution >= 4 is 11.9 Å². The van der Waals surface area contributed by atoms with Crippen molar-refractivity contribution in [2.75, 3.05) is 0 Å². The molecule has 0 saturated heterocycles. The normalized spacial score (nSPS) is 11.2. The Kier molecular flexibility index (Phi) is 10.0. The van der Waals surface area contributed by atoms with Crippen molar-refractivity contribution in [2.45, 2.75) is 85.5 Å². The molecule has 0 aliphatic carbocycles. The largest absolute Gasteiger partial charge is 0.423 e. The number of carbonyl (C=O) groups is 2. The molecule has 1 aromatic rings. The summed E-state index contributed by atoms with van der Waals surface area (Å²) >= 11 is 0. The van der Waals surface area contributed by atoms with Crippen molar-refractivity contribution in [3.05, 3.63) is 24.3 Å². The molecule has 0 saturated carbocycles. The molecule has 146 valence electrons. The fraction of sp³-hybridized carbons (Fsp3) is 0.636. The van der Waals surface area contributed by atoms with E-state index in [0.717, 1.165) is 44.9 Å². The standard InChI is InChI=1S/C22H34O4/c1-5-6-7-8-15-20(23)25-18-13-9-10-14-19(18)26-21(24)16-11-12-17-22(2,3)4/h9-10,13-14H,5-8,11-12,15-17H2,1-4H3. The Bertz CT molecular complexity index is 558. The molecule has 0 aliphatic rings. The van der Waals surface area contributed by atoms with Gasteiger partial charge in [0.15, 0.2) is 11.5 Å². The van der Waals surface area contributed by atoms with Crippen molar-refractivity contribution in [3.8, 4) is 11.5 Å². The molecule has 4 heteroatoms. The molecule has 0 radical (unpaired) electrons. The summed E-state index contributed by atoms with van der Waals surface area (Å²) in [6.45, 7) is 8.71. The fourth-order valence-electron chi connectivity index (χ4n) is 2.59. The molecule has 1 rings (SSSR count). The third-order valence-corrected chi connectivity index (χ3v) is 4.09. The van der Waals surface area contributed by atoms with Crippen LogP contribution in [0, 0.1) is 5.41 Å². The Hall–Kier alpha value is -1.84. The highest BCUT2D eigenvalue weighted by Crippen LogP contribution is 2.28. The molecular weight excluding hydrogens is 328 g/mol. The zero-order valence-corrected chi connectivity index (χ0v) is 16.8. The Balaban J connectivity index is 2.45. The molecule has 4 nitrogen and oxygen atoms in total. The van der Waals surface area contributed by atoms with Crippen LogP contribution in [0.3, 0.4) is 0 Å². The summed E-state index contributed by atoms with van der Waals surface area (Å²) in [6, 6.07) is 6.85. The molecular formula is C22H34O4. The number of hydrogen-bond acceptors (Lipinski definition) is 4. The van der Waals surface area contributed by atoms with Gasteiger partial charge in [-0.3, -0.25) is 9.59 Å². The number of esters is 2. The highest BCUT2D eigenvalue weighted by Gasteiger charge is 2.14. The van der Waals surface area contributed by atoms with Crippen LogP contribution in [0.5, 0.6) is 11.5 Å². The second-order valence-corrected chi connectivity index (χ2v) is 7.97. The average molecular weight is 363 g/mol. The molecule has 26 heavy (non-hydrogen) atoms. The van der Waals surface area contributed by atoms with E-state index in [4.69, 9.17) is 9.47 Å². The minimum atomic E-state index is -0.287. The van der Waals surface area contributed by atoms with Crippen molar-refractivity contribution in [1.29, 1.82) is 0 Å². The van der Waals surface area contributed by atoms with Crippen molar-refractivity contribution in [1.82, 2.24) is 0 Å². The van der Waals surface area contributed by atoms with Gasteiger partial charge >= 0.3 is 11.9 Å². The van der Waals surface area contributed by atoms with Crippen LogP contribution in [0.2, 0.25) is 0 Å². The Morgan fingerprint density at radius 2 is 1.31 bits per heavy atom. The number of para-hydroxylation sites is 2. The number of unbranched alkanes of at least 4 members (excludes halogenated alkanes) is 4. The summed E-state index contributed by atoms with van der Waals surface area (Å²) in [6.07, 6.45) is 7.72. The van der Waals surface area contributed by atoms with Gasteiger partial charge in [-0.15, -0.1) is 0 Å². The summed E-state index contributed by atoms with van der Waals surface area (Å²) in [7, 11) is 0. The Morgan fingerprint density at radius 3 is 1.77 bits per heavy atom. The van der Waals surface area contributed by atoms with Gasteiger partial charge in [0, 0.05) is 12.8 Å². The van der Waals surface area contributed by atoms with Crippen LogP contribution in [-0.4, -0.2) is 11.9 Å². The Morgan fingerprint density at radius 1 is 0.808 bits per heavy atom. The molecule has 0 aromatic heterocycles. The zero-order valence-electron chi connectivity index (χ0n) is 16.8. The predicted octanol–water partition coefficient (Wildman–Crippen LogP) is 6.07. The highest BCUT2D eigenvalue weighted by atomic mass is 16.6. The quantitative estimate of drug-likeness (QED) is 0.272. The lowest BCUT2D eigenvalue weighted by atomic mass is 9.89. The summed E-state index contributed by atoms with van der Waals surface area (Å²) in [4.78, 5) is 24.0. The van der Waals surface area contributed by atoms with E-state index in [1.54, 1.807) is 24.3 Å². The van der Waals surface area contributed by atoms with E-state index in [1.165, 1.54) is 0 Å². The topological polar surface area (TPSA) is 52.6 Å². The first kappa shape index (κ1) is 22.2. The van der Waals surface area contributed by atoms with Gasteiger partial charge in [-0.2, -0.15) is 0 Å². The average Bonchev–Trinajstić information content (AvgIpc) is 2.57. The van der Waals surface area contributed by atoms with E-state index in [-0.39, 0.29) is 17.4 Å². The monoisotopic (exact) mass is 362 g/mol. The number of rotatable bonds is 11. The van der Waals surface area contributed by atoms with E-state index in [0.29, 0.717) is 24.3 Å². The second kappa shape index (κ2) is 11.7. The predicted molar refractivity (Wildman–Crippen MR) is 104 cm³/mol. The number of ether oxygens (including phenoxy) is 2. The molecule has 0 atom stereocenters. The van der Waals surface area contributed by atoms with Gasteiger partial charge in [0.2, 0.25) is 0 Å². The van der Waals surface area contributed by atoms with Gasteiger partial charge < -0.3 is 9.47 Å². The summed E-state index contributed by atoms with van der Waals surface area (Å²) in [5, 5.41) is 0. The van der Waals surface area contributed by atoms with Gasteiger partial charge in [-0.25, -0.2) is 0 Å². The lowest BCUT2D eigenvalue weighted by Crippen LogP contribution is -2.12. The smallest absolute Gasteiger partial charge is 0.311 e. The van der Waals surface area contributed by atoms with Crippen molar-refractivity contribution < 1.29 is 19.1 Å². The van der Waals surface area contributed by atoms with Crippen molar-refractivity contribution in [2.24, 2.45) is 5.41 Å². The van der Waals surface area contributed by atoms with Gasteiger partial charge in [-0.05, 0) is 36.8 Å². The highest BCUT2D eigenvalue weighted by molar-refractivity contribution is 5.76. The minimum Gasteiger partial charge on any atom is -0.423 e.